The van der Waals surface area contributed by atoms with Crippen molar-refractivity contribution in [3.8, 4) is 0 Å². The zero-order valence-electron chi connectivity index (χ0n) is 16.8. The Morgan fingerprint density at radius 2 is 1.55 bits per heavy atom. The summed E-state index contributed by atoms with van der Waals surface area (Å²) in [6.45, 7) is 3.76. The third-order valence-corrected chi connectivity index (χ3v) is 5.90. The number of hydrogen-bond donors (Lipinski definition) is 0. The molecule has 0 saturated carbocycles. The van der Waals surface area contributed by atoms with Gasteiger partial charge in [-0.05, 0) is 42.8 Å². The maximum Gasteiger partial charge on any atom is 0.167 e. The molecule has 0 fully saturated rings. The zero-order chi connectivity index (χ0) is 20.2. The Hall–Kier alpha value is -2.82. The van der Waals surface area contributed by atoms with Crippen LogP contribution in [-0.2, 0) is 19.5 Å². The van der Waals surface area contributed by atoms with Crippen molar-refractivity contribution in [3.63, 3.8) is 0 Å². The van der Waals surface area contributed by atoms with Gasteiger partial charge in [0.15, 0.2) is 5.78 Å². The van der Waals surface area contributed by atoms with Crippen molar-refractivity contribution in [1.29, 1.82) is 0 Å². The minimum atomic E-state index is 0.139. The van der Waals surface area contributed by atoms with E-state index in [1.54, 1.807) is 11.3 Å². The first-order valence-electron chi connectivity index (χ1n) is 9.77. The van der Waals surface area contributed by atoms with Crippen LogP contribution >= 0.6 is 11.3 Å². The number of fused-ring (bicyclic) bond motifs is 1. The molecule has 0 amide bonds. The van der Waals surface area contributed by atoms with Gasteiger partial charge in [-0.1, -0.05) is 60.7 Å². The standard InChI is InChI=1S/C25H24N2OS/c1-18-26-23-14-21(10-13-25(23)29-18)15-24(28)22-11-8-20(9-12-22)17-27(2)16-19-6-4-3-5-7-19/h3-14H,15-17H2,1-2H3. The highest BCUT2D eigenvalue weighted by Gasteiger charge is 2.10. The van der Waals surface area contributed by atoms with Gasteiger partial charge in [-0.15, -0.1) is 11.3 Å². The third kappa shape index (κ3) is 4.97. The summed E-state index contributed by atoms with van der Waals surface area (Å²) in [4.78, 5) is 19.5. The molecule has 0 radical (unpaired) electrons. The molecule has 0 aliphatic carbocycles. The number of benzene rings is 3. The molecular formula is C25H24N2OS. The summed E-state index contributed by atoms with van der Waals surface area (Å²) >= 11 is 1.68. The monoisotopic (exact) mass is 400 g/mol. The number of ketones is 1. The van der Waals surface area contributed by atoms with E-state index in [1.807, 2.05) is 37.3 Å². The molecule has 0 N–H and O–H groups in total. The Balaban J connectivity index is 1.38. The van der Waals surface area contributed by atoms with Crippen LogP contribution in [0.1, 0.15) is 32.1 Å². The zero-order valence-corrected chi connectivity index (χ0v) is 17.6. The number of aromatic nitrogens is 1. The molecule has 0 atom stereocenters. The van der Waals surface area contributed by atoms with Gasteiger partial charge in [-0.2, -0.15) is 0 Å². The van der Waals surface area contributed by atoms with Gasteiger partial charge < -0.3 is 0 Å². The van der Waals surface area contributed by atoms with Crippen molar-refractivity contribution < 1.29 is 4.79 Å². The summed E-state index contributed by atoms with van der Waals surface area (Å²) in [5.74, 6) is 0.139. The summed E-state index contributed by atoms with van der Waals surface area (Å²) in [5, 5.41) is 1.05. The van der Waals surface area contributed by atoms with Crippen LogP contribution in [-0.4, -0.2) is 22.7 Å². The lowest BCUT2D eigenvalue weighted by molar-refractivity contribution is 0.0993. The normalized spacial score (nSPS) is 11.3. The Morgan fingerprint density at radius 3 is 2.28 bits per heavy atom. The van der Waals surface area contributed by atoms with Crippen LogP contribution in [0.5, 0.6) is 0 Å². The molecule has 4 aromatic rings. The molecule has 0 spiro atoms. The molecule has 4 rings (SSSR count). The van der Waals surface area contributed by atoms with E-state index in [1.165, 1.54) is 15.8 Å². The number of nitrogens with zero attached hydrogens (tertiary/aromatic N) is 2. The fourth-order valence-corrected chi connectivity index (χ4v) is 4.35. The van der Waals surface area contributed by atoms with Gasteiger partial charge >= 0.3 is 0 Å². The number of thiazole rings is 1. The van der Waals surface area contributed by atoms with Crippen LogP contribution in [0.15, 0.2) is 72.8 Å². The van der Waals surface area contributed by atoms with Gasteiger partial charge in [0.25, 0.3) is 0 Å². The van der Waals surface area contributed by atoms with Crippen molar-refractivity contribution in [1.82, 2.24) is 9.88 Å². The van der Waals surface area contributed by atoms with Gasteiger partial charge in [0.05, 0.1) is 15.2 Å². The summed E-state index contributed by atoms with van der Waals surface area (Å²) in [7, 11) is 2.11. The molecule has 3 nitrogen and oxygen atoms in total. The maximum absolute atomic E-state index is 12.7. The fraction of sp³-hybridized carbons (Fsp3) is 0.200. The predicted octanol–water partition coefficient (Wildman–Crippen LogP) is 5.66. The first-order chi connectivity index (χ1) is 14.1. The summed E-state index contributed by atoms with van der Waals surface area (Å²) < 4.78 is 1.17. The van der Waals surface area contributed by atoms with Crippen LogP contribution in [0.4, 0.5) is 0 Å². The van der Waals surface area contributed by atoms with E-state index >= 15 is 0 Å². The van der Waals surface area contributed by atoms with Crippen LogP contribution < -0.4 is 0 Å². The van der Waals surface area contributed by atoms with E-state index < -0.39 is 0 Å². The van der Waals surface area contributed by atoms with Crippen molar-refractivity contribution in [2.75, 3.05) is 7.05 Å². The van der Waals surface area contributed by atoms with Crippen molar-refractivity contribution in [3.05, 3.63) is 100 Å². The maximum atomic E-state index is 12.7. The second-order valence-corrected chi connectivity index (χ2v) is 8.72. The second-order valence-electron chi connectivity index (χ2n) is 7.49. The van der Waals surface area contributed by atoms with E-state index in [-0.39, 0.29) is 5.78 Å². The number of rotatable bonds is 7. The van der Waals surface area contributed by atoms with Crippen LogP contribution in [0.25, 0.3) is 10.2 Å². The molecule has 29 heavy (non-hydrogen) atoms. The molecule has 1 heterocycles. The topological polar surface area (TPSA) is 33.2 Å². The van der Waals surface area contributed by atoms with E-state index in [0.717, 1.165) is 34.7 Å². The summed E-state index contributed by atoms with van der Waals surface area (Å²) in [5.41, 5.74) is 5.26. The first kappa shape index (κ1) is 19.5. The van der Waals surface area contributed by atoms with Crippen LogP contribution in [0.2, 0.25) is 0 Å². The molecule has 0 aliphatic rings. The fourth-order valence-electron chi connectivity index (χ4n) is 3.54. The SMILES string of the molecule is Cc1nc2cc(CC(=O)c3ccc(CN(C)Cc4ccccc4)cc3)ccc2s1. The number of carbonyl (C=O) groups excluding carboxylic acids is 1. The molecule has 0 aliphatic heterocycles. The van der Waals surface area contributed by atoms with Gasteiger partial charge in [0, 0.05) is 25.1 Å². The molecule has 146 valence electrons. The van der Waals surface area contributed by atoms with E-state index in [0.29, 0.717) is 6.42 Å². The van der Waals surface area contributed by atoms with Crippen LogP contribution in [0, 0.1) is 6.92 Å². The highest BCUT2D eigenvalue weighted by atomic mass is 32.1. The highest BCUT2D eigenvalue weighted by molar-refractivity contribution is 7.18. The van der Waals surface area contributed by atoms with E-state index in [4.69, 9.17) is 0 Å². The minimum Gasteiger partial charge on any atom is -0.298 e. The smallest absolute Gasteiger partial charge is 0.167 e. The minimum absolute atomic E-state index is 0.139. The average molecular weight is 401 g/mol. The largest absolute Gasteiger partial charge is 0.298 e. The Bertz CT molecular complexity index is 1120. The predicted molar refractivity (Wildman–Crippen MR) is 120 cm³/mol. The lowest BCUT2D eigenvalue weighted by atomic mass is 10.0. The quantitative estimate of drug-likeness (QED) is 0.375. The lowest BCUT2D eigenvalue weighted by Gasteiger charge is -2.17. The molecule has 4 heteroatoms. The van der Waals surface area contributed by atoms with E-state index in [9.17, 15) is 4.79 Å². The second kappa shape index (κ2) is 8.68. The van der Waals surface area contributed by atoms with Crippen molar-refractivity contribution in [2.24, 2.45) is 0 Å². The number of Topliss-reactive ketones (excluding diaryl/α,β-unsaturated/α-hetero) is 1. The van der Waals surface area contributed by atoms with Gasteiger partial charge in [-0.25, -0.2) is 4.98 Å². The third-order valence-electron chi connectivity index (χ3n) is 4.95. The summed E-state index contributed by atoms with van der Waals surface area (Å²) in [6, 6.07) is 24.6. The molecule has 0 saturated heterocycles. The molecule has 1 aromatic heterocycles. The van der Waals surface area contributed by atoms with Crippen molar-refractivity contribution >= 4 is 27.3 Å². The molecular weight excluding hydrogens is 376 g/mol. The Labute approximate surface area is 175 Å². The lowest BCUT2D eigenvalue weighted by Crippen LogP contribution is -2.17. The number of aryl methyl sites for hydroxylation is 1. The first-order valence-corrected chi connectivity index (χ1v) is 10.6. The van der Waals surface area contributed by atoms with Gasteiger partial charge in [0.1, 0.15) is 0 Å². The van der Waals surface area contributed by atoms with Gasteiger partial charge in [-0.3, -0.25) is 9.69 Å². The molecule has 0 bridgehead atoms. The van der Waals surface area contributed by atoms with E-state index in [2.05, 4.69) is 59.4 Å². The van der Waals surface area contributed by atoms with Gasteiger partial charge in [0.2, 0.25) is 0 Å². The number of hydrogen-bond acceptors (Lipinski definition) is 4. The average Bonchev–Trinajstić information content (AvgIpc) is 3.08. The molecule has 3 aromatic carbocycles. The molecule has 0 unspecified atom stereocenters. The Kier molecular flexibility index (Phi) is 5.84. The Morgan fingerprint density at radius 1 is 0.897 bits per heavy atom. The van der Waals surface area contributed by atoms with Crippen LogP contribution in [0.3, 0.4) is 0 Å². The summed E-state index contributed by atoms with van der Waals surface area (Å²) in [6.07, 6.45) is 0.403. The van der Waals surface area contributed by atoms with Crippen molar-refractivity contribution in [2.45, 2.75) is 26.4 Å². The number of carbonyl (C=O) groups is 1. The highest BCUT2D eigenvalue weighted by Crippen LogP contribution is 2.23.